The van der Waals surface area contributed by atoms with E-state index in [0.717, 1.165) is 10.2 Å². The first-order valence-electron chi connectivity index (χ1n) is 6.39. The van der Waals surface area contributed by atoms with Gasteiger partial charge in [0.05, 0.1) is 11.5 Å². The zero-order valence-electron chi connectivity index (χ0n) is 11.1. The van der Waals surface area contributed by atoms with E-state index in [1.165, 1.54) is 0 Å². The Morgan fingerprint density at radius 3 is 2.55 bits per heavy atom. The predicted octanol–water partition coefficient (Wildman–Crippen LogP) is 1.55. The number of amides is 1. The second kappa shape index (κ2) is 6.13. The molecule has 1 saturated heterocycles. The smallest absolute Gasteiger partial charge is 0.242 e. The molecule has 0 aromatic heterocycles. The predicted molar refractivity (Wildman–Crippen MR) is 82.4 cm³/mol. The first kappa shape index (κ1) is 15.3. The monoisotopic (exact) mass is 360 g/mol. The molecule has 0 saturated carbocycles. The molecule has 1 fully saturated rings. The Morgan fingerprint density at radius 1 is 1.35 bits per heavy atom. The van der Waals surface area contributed by atoms with E-state index >= 15 is 0 Å². The summed E-state index contributed by atoms with van der Waals surface area (Å²) in [5.74, 6) is 0.0194. The number of hydrogen-bond donors (Lipinski definition) is 2. The van der Waals surface area contributed by atoms with Gasteiger partial charge in [0.25, 0.3) is 0 Å². The van der Waals surface area contributed by atoms with E-state index in [1.807, 2.05) is 24.3 Å². The number of carbonyl (C=O) groups is 1. The molecule has 1 heterocycles. The standard InChI is InChI=1S/C13H17BrN2O3S/c1-9(15-11-4-2-10(14)3-5-11)13(17)16-12-6-7-20(18,19)8-12/h2-5,9,12,15H,6-8H2,1H3,(H,16,17)/t9-,12+/m1/s1. The highest BCUT2D eigenvalue weighted by atomic mass is 79.9. The van der Waals surface area contributed by atoms with Gasteiger partial charge in [-0.3, -0.25) is 4.79 Å². The minimum absolute atomic E-state index is 0.0454. The van der Waals surface area contributed by atoms with Gasteiger partial charge in [-0.05, 0) is 37.6 Å². The van der Waals surface area contributed by atoms with Gasteiger partial charge in [-0.2, -0.15) is 0 Å². The zero-order chi connectivity index (χ0) is 14.8. The van der Waals surface area contributed by atoms with Crippen molar-refractivity contribution in [3.8, 4) is 0 Å². The second-order valence-electron chi connectivity index (χ2n) is 4.98. The number of halogens is 1. The lowest BCUT2D eigenvalue weighted by Crippen LogP contribution is -2.43. The Bertz CT molecular complexity index is 586. The Kier molecular flexibility index (Phi) is 4.70. The number of carbonyl (C=O) groups excluding carboxylic acids is 1. The maximum absolute atomic E-state index is 12.0. The van der Waals surface area contributed by atoms with Gasteiger partial charge in [0, 0.05) is 16.2 Å². The zero-order valence-corrected chi connectivity index (χ0v) is 13.5. The molecule has 1 aliphatic rings. The van der Waals surface area contributed by atoms with Crippen LogP contribution >= 0.6 is 15.9 Å². The topological polar surface area (TPSA) is 75.3 Å². The highest BCUT2D eigenvalue weighted by molar-refractivity contribution is 9.10. The molecule has 110 valence electrons. The molecule has 5 nitrogen and oxygen atoms in total. The average molecular weight is 361 g/mol. The molecule has 7 heteroatoms. The largest absolute Gasteiger partial charge is 0.374 e. The Balaban J connectivity index is 1.88. The fourth-order valence-corrected chi connectivity index (χ4v) is 4.03. The molecule has 0 radical (unpaired) electrons. The van der Waals surface area contributed by atoms with E-state index in [2.05, 4.69) is 26.6 Å². The Morgan fingerprint density at radius 2 is 2.00 bits per heavy atom. The molecule has 20 heavy (non-hydrogen) atoms. The average Bonchev–Trinajstić information content (AvgIpc) is 2.71. The van der Waals surface area contributed by atoms with Crippen molar-refractivity contribution < 1.29 is 13.2 Å². The van der Waals surface area contributed by atoms with Gasteiger partial charge >= 0.3 is 0 Å². The molecule has 1 aromatic carbocycles. The normalized spacial score (nSPS) is 22.2. The SMILES string of the molecule is C[C@@H](Nc1ccc(Br)cc1)C(=O)N[C@H]1CCS(=O)(=O)C1. The first-order chi connectivity index (χ1) is 9.35. The quantitative estimate of drug-likeness (QED) is 0.854. The van der Waals surface area contributed by atoms with Gasteiger partial charge in [-0.15, -0.1) is 0 Å². The van der Waals surface area contributed by atoms with Crippen LogP contribution in [0.2, 0.25) is 0 Å². The van der Waals surface area contributed by atoms with E-state index in [0.29, 0.717) is 6.42 Å². The lowest BCUT2D eigenvalue weighted by Gasteiger charge is -2.18. The lowest BCUT2D eigenvalue weighted by atomic mass is 10.2. The maximum atomic E-state index is 12.0. The van der Waals surface area contributed by atoms with Crippen molar-refractivity contribution in [3.05, 3.63) is 28.7 Å². The van der Waals surface area contributed by atoms with Crippen LogP contribution in [0.1, 0.15) is 13.3 Å². The van der Waals surface area contributed by atoms with Crippen LogP contribution in [0.15, 0.2) is 28.7 Å². The van der Waals surface area contributed by atoms with Gasteiger partial charge in [0.2, 0.25) is 5.91 Å². The van der Waals surface area contributed by atoms with Crippen LogP contribution in [0, 0.1) is 0 Å². The second-order valence-corrected chi connectivity index (χ2v) is 8.13. The van der Waals surface area contributed by atoms with E-state index in [-0.39, 0.29) is 23.5 Å². The van der Waals surface area contributed by atoms with Crippen LogP contribution in [0.4, 0.5) is 5.69 Å². The fraction of sp³-hybridized carbons (Fsp3) is 0.462. The Hall–Kier alpha value is -1.08. The van der Waals surface area contributed by atoms with E-state index in [1.54, 1.807) is 6.92 Å². The minimum Gasteiger partial charge on any atom is -0.374 e. The highest BCUT2D eigenvalue weighted by Crippen LogP contribution is 2.15. The summed E-state index contributed by atoms with van der Waals surface area (Å²) in [5, 5.41) is 5.86. The Labute approximate surface area is 127 Å². The number of benzene rings is 1. The summed E-state index contributed by atoms with van der Waals surface area (Å²) in [5.41, 5.74) is 0.842. The molecule has 1 aliphatic heterocycles. The van der Waals surface area contributed by atoms with Crippen molar-refractivity contribution in [2.75, 3.05) is 16.8 Å². The van der Waals surface area contributed by atoms with Crippen molar-refractivity contribution in [3.63, 3.8) is 0 Å². The number of sulfone groups is 1. The summed E-state index contributed by atoms with van der Waals surface area (Å²) in [6.07, 6.45) is 0.499. The van der Waals surface area contributed by atoms with Crippen LogP contribution in [-0.2, 0) is 14.6 Å². The maximum Gasteiger partial charge on any atom is 0.242 e. The summed E-state index contributed by atoms with van der Waals surface area (Å²) in [6.45, 7) is 1.75. The molecule has 1 aromatic rings. The number of nitrogens with one attached hydrogen (secondary N) is 2. The van der Waals surface area contributed by atoms with Crippen LogP contribution in [0.3, 0.4) is 0 Å². The van der Waals surface area contributed by atoms with Gasteiger partial charge < -0.3 is 10.6 Å². The van der Waals surface area contributed by atoms with Gasteiger partial charge in [0.1, 0.15) is 6.04 Å². The molecule has 0 aliphatic carbocycles. The molecule has 0 bridgehead atoms. The van der Waals surface area contributed by atoms with Crippen LogP contribution in [-0.4, -0.2) is 37.9 Å². The summed E-state index contributed by atoms with van der Waals surface area (Å²) < 4.78 is 23.7. The number of anilines is 1. The fourth-order valence-electron chi connectivity index (χ4n) is 2.10. The summed E-state index contributed by atoms with van der Waals surface area (Å²) >= 11 is 3.35. The summed E-state index contributed by atoms with van der Waals surface area (Å²) in [4.78, 5) is 12.0. The van der Waals surface area contributed by atoms with Crippen molar-refractivity contribution >= 4 is 37.4 Å². The number of rotatable bonds is 4. The molecule has 2 atom stereocenters. The summed E-state index contributed by atoms with van der Waals surface area (Å²) in [6, 6.07) is 6.83. The third-order valence-electron chi connectivity index (χ3n) is 3.20. The van der Waals surface area contributed by atoms with Crippen LogP contribution < -0.4 is 10.6 Å². The molecule has 1 amide bonds. The molecule has 2 N–H and O–H groups in total. The van der Waals surface area contributed by atoms with Crippen molar-refractivity contribution in [2.24, 2.45) is 0 Å². The van der Waals surface area contributed by atoms with Crippen LogP contribution in [0.5, 0.6) is 0 Å². The van der Waals surface area contributed by atoms with E-state index < -0.39 is 15.9 Å². The lowest BCUT2D eigenvalue weighted by molar-refractivity contribution is -0.122. The van der Waals surface area contributed by atoms with E-state index in [9.17, 15) is 13.2 Å². The highest BCUT2D eigenvalue weighted by Gasteiger charge is 2.29. The molecular formula is C13H17BrN2O3S. The number of hydrogen-bond acceptors (Lipinski definition) is 4. The van der Waals surface area contributed by atoms with Gasteiger partial charge in [0.15, 0.2) is 9.84 Å². The molecular weight excluding hydrogens is 344 g/mol. The van der Waals surface area contributed by atoms with Crippen molar-refractivity contribution in [1.29, 1.82) is 0 Å². The summed E-state index contributed by atoms with van der Waals surface area (Å²) in [7, 11) is -2.97. The van der Waals surface area contributed by atoms with E-state index in [4.69, 9.17) is 0 Å². The third-order valence-corrected chi connectivity index (χ3v) is 5.50. The minimum atomic E-state index is -2.97. The van der Waals surface area contributed by atoms with Gasteiger partial charge in [-0.25, -0.2) is 8.42 Å². The molecule has 0 unspecified atom stereocenters. The van der Waals surface area contributed by atoms with Crippen LogP contribution in [0.25, 0.3) is 0 Å². The van der Waals surface area contributed by atoms with Crippen molar-refractivity contribution in [1.82, 2.24) is 5.32 Å². The van der Waals surface area contributed by atoms with Crippen molar-refractivity contribution in [2.45, 2.75) is 25.4 Å². The third kappa shape index (κ3) is 4.21. The molecule has 0 spiro atoms. The first-order valence-corrected chi connectivity index (χ1v) is 9.00. The van der Waals surface area contributed by atoms with Gasteiger partial charge in [-0.1, -0.05) is 15.9 Å². The molecule has 2 rings (SSSR count).